The minimum absolute atomic E-state index is 0.112. The van der Waals surface area contributed by atoms with E-state index < -0.39 is 12.1 Å². The van der Waals surface area contributed by atoms with Crippen LogP contribution in [0.15, 0.2) is 24.3 Å². The lowest BCUT2D eigenvalue weighted by Crippen LogP contribution is -2.34. The summed E-state index contributed by atoms with van der Waals surface area (Å²) in [4.78, 5) is 0. The summed E-state index contributed by atoms with van der Waals surface area (Å²) in [6, 6.07) is 7.71. The predicted octanol–water partition coefficient (Wildman–Crippen LogP) is 5.36. The lowest BCUT2D eigenvalue weighted by molar-refractivity contribution is -0.184. The summed E-state index contributed by atoms with van der Waals surface area (Å²) >= 11 is 5.90. The van der Waals surface area contributed by atoms with Crippen molar-refractivity contribution in [3.8, 4) is 0 Å². The largest absolute Gasteiger partial charge is 0.391 e. The molecule has 5 heteroatoms. The third-order valence-electron chi connectivity index (χ3n) is 4.36. The van der Waals surface area contributed by atoms with E-state index in [9.17, 15) is 13.2 Å². The summed E-state index contributed by atoms with van der Waals surface area (Å²) in [6.45, 7) is 2.82. The molecule has 21 heavy (non-hydrogen) atoms. The molecule has 1 saturated carbocycles. The van der Waals surface area contributed by atoms with Crippen LogP contribution in [-0.2, 0) is 0 Å². The predicted molar refractivity (Wildman–Crippen MR) is 79.4 cm³/mol. The van der Waals surface area contributed by atoms with Gasteiger partial charge in [-0.25, -0.2) is 0 Å². The fourth-order valence-electron chi connectivity index (χ4n) is 3.23. The first kappa shape index (κ1) is 16.6. The monoisotopic (exact) mass is 319 g/mol. The average Bonchev–Trinajstić information content (AvgIpc) is 2.45. The Morgan fingerprint density at radius 2 is 1.71 bits per heavy atom. The Labute approximate surface area is 128 Å². The van der Waals surface area contributed by atoms with E-state index >= 15 is 0 Å². The summed E-state index contributed by atoms with van der Waals surface area (Å²) in [5.41, 5.74) is 1.11. The van der Waals surface area contributed by atoms with Crippen LogP contribution in [0.2, 0.25) is 5.02 Å². The first-order chi connectivity index (χ1) is 9.91. The summed E-state index contributed by atoms with van der Waals surface area (Å²) < 4.78 is 38.3. The van der Waals surface area contributed by atoms with Crippen LogP contribution in [0, 0.1) is 11.8 Å². The number of halogens is 4. The Morgan fingerprint density at radius 3 is 2.19 bits per heavy atom. The molecule has 1 unspecified atom stereocenters. The Hall–Kier alpha value is -0.740. The van der Waals surface area contributed by atoms with Crippen molar-refractivity contribution in [2.75, 3.05) is 6.54 Å². The Kier molecular flexibility index (Phi) is 5.55. The van der Waals surface area contributed by atoms with Gasteiger partial charge in [-0.15, -0.1) is 0 Å². The van der Waals surface area contributed by atoms with E-state index in [1.165, 1.54) is 0 Å². The van der Waals surface area contributed by atoms with Crippen LogP contribution in [0.4, 0.5) is 13.2 Å². The van der Waals surface area contributed by atoms with Gasteiger partial charge in [-0.3, -0.25) is 0 Å². The lowest BCUT2D eigenvalue weighted by Gasteiger charge is -2.35. The van der Waals surface area contributed by atoms with Crippen molar-refractivity contribution in [2.24, 2.45) is 11.8 Å². The topological polar surface area (TPSA) is 12.0 Å². The van der Waals surface area contributed by atoms with Crippen molar-refractivity contribution in [1.29, 1.82) is 0 Å². The fraction of sp³-hybridized carbons (Fsp3) is 0.625. The maximum Gasteiger partial charge on any atom is 0.391 e. The van der Waals surface area contributed by atoms with Crippen LogP contribution in [-0.4, -0.2) is 12.7 Å². The van der Waals surface area contributed by atoms with Gasteiger partial charge >= 0.3 is 6.18 Å². The zero-order valence-corrected chi connectivity index (χ0v) is 12.8. The number of alkyl halides is 3. The number of benzene rings is 1. The van der Waals surface area contributed by atoms with Gasteiger partial charge in [0.25, 0.3) is 0 Å². The summed E-state index contributed by atoms with van der Waals surface area (Å²) in [7, 11) is 0. The number of hydrogen-bond acceptors (Lipinski definition) is 1. The van der Waals surface area contributed by atoms with Crippen molar-refractivity contribution in [2.45, 2.75) is 44.8 Å². The first-order valence-electron chi connectivity index (χ1n) is 7.47. The first-order valence-corrected chi connectivity index (χ1v) is 7.85. The minimum Gasteiger partial charge on any atom is -0.310 e. The molecule has 2 rings (SSSR count). The molecular formula is C16H21ClF3N. The molecule has 0 radical (unpaired) electrons. The molecule has 1 fully saturated rings. The standard InChI is InChI=1S/C16H21ClF3N/c1-2-21-15(12-5-9-14(17)10-6-12)11-3-7-13(8-4-11)16(18,19)20/h5-6,9-11,13,15,21H,2-4,7-8H2,1H3. The molecule has 1 aromatic carbocycles. The van der Waals surface area contributed by atoms with Gasteiger partial charge in [0.2, 0.25) is 0 Å². The highest BCUT2D eigenvalue weighted by Gasteiger charge is 2.42. The van der Waals surface area contributed by atoms with E-state index in [4.69, 9.17) is 11.6 Å². The molecule has 1 atom stereocenters. The molecule has 1 aromatic rings. The lowest BCUT2D eigenvalue weighted by atomic mass is 9.76. The molecule has 1 aliphatic rings. The van der Waals surface area contributed by atoms with E-state index in [1.54, 1.807) is 0 Å². The van der Waals surface area contributed by atoms with E-state index in [-0.39, 0.29) is 24.8 Å². The molecular weight excluding hydrogens is 299 g/mol. The molecule has 0 bridgehead atoms. The van der Waals surface area contributed by atoms with Gasteiger partial charge in [0.05, 0.1) is 5.92 Å². The van der Waals surface area contributed by atoms with Crippen molar-refractivity contribution in [1.82, 2.24) is 5.32 Å². The summed E-state index contributed by atoms with van der Waals surface area (Å²) in [6.07, 6.45) is -2.33. The zero-order valence-electron chi connectivity index (χ0n) is 12.1. The van der Waals surface area contributed by atoms with Gasteiger partial charge in [-0.1, -0.05) is 30.7 Å². The third kappa shape index (κ3) is 4.36. The van der Waals surface area contributed by atoms with Crippen LogP contribution >= 0.6 is 11.6 Å². The fourth-order valence-corrected chi connectivity index (χ4v) is 3.35. The molecule has 0 saturated heterocycles. The molecule has 118 valence electrons. The minimum atomic E-state index is -4.04. The molecule has 1 N–H and O–H groups in total. The number of nitrogens with one attached hydrogen (secondary N) is 1. The number of hydrogen-bond donors (Lipinski definition) is 1. The van der Waals surface area contributed by atoms with E-state index in [0.717, 1.165) is 12.1 Å². The van der Waals surface area contributed by atoms with E-state index in [0.29, 0.717) is 17.9 Å². The zero-order chi connectivity index (χ0) is 15.5. The molecule has 1 nitrogen and oxygen atoms in total. The summed E-state index contributed by atoms with van der Waals surface area (Å²) in [5, 5.41) is 4.09. The second-order valence-corrected chi connectivity index (χ2v) is 6.18. The van der Waals surface area contributed by atoms with Gasteiger partial charge in [0, 0.05) is 11.1 Å². The molecule has 0 aromatic heterocycles. The molecule has 0 amide bonds. The third-order valence-corrected chi connectivity index (χ3v) is 4.61. The smallest absolute Gasteiger partial charge is 0.310 e. The highest BCUT2D eigenvalue weighted by Crippen LogP contribution is 2.43. The molecule has 0 heterocycles. The SMILES string of the molecule is CCNC(c1ccc(Cl)cc1)C1CCC(C(F)(F)F)CC1. The van der Waals surface area contributed by atoms with Gasteiger partial charge in [0.15, 0.2) is 0 Å². The second kappa shape index (κ2) is 7.01. The van der Waals surface area contributed by atoms with Crippen molar-refractivity contribution in [3.63, 3.8) is 0 Å². The Morgan fingerprint density at radius 1 is 1.14 bits per heavy atom. The quantitative estimate of drug-likeness (QED) is 0.787. The van der Waals surface area contributed by atoms with E-state index in [1.807, 2.05) is 31.2 Å². The van der Waals surface area contributed by atoms with Crippen LogP contribution in [0.25, 0.3) is 0 Å². The maximum absolute atomic E-state index is 12.8. The molecule has 1 aliphatic carbocycles. The average molecular weight is 320 g/mol. The molecule has 0 aliphatic heterocycles. The van der Waals surface area contributed by atoms with Crippen LogP contribution < -0.4 is 5.32 Å². The number of rotatable bonds is 4. The second-order valence-electron chi connectivity index (χ2n) is 5.74. The Bertz CT molecular complexity index is 436. The Balaban J connectivity index is 2.05. The van der Waals surface area contributed by atoms with Gasteiger partial charge < -0.3 is 5.32 Å². The van der Waals surface area contributed by atoms with Crippen molar-refractivity contribution in [3.05, 3.63) is 34.9 Å². The van der Waals surface area contributed by atoms with Gasteiger partial charge in [0.1, 0.15) is 0 Å². The summed E-state index contributed by atoms with van der Waals surface area (Å²) in [5.74, 6) is -0.869. The highest BCUT2D eigenvalue weighted by atomic mass is 35.5. The van der Waals surface area contributed by atoms with Crippen LogP contribution in [0.1, 0.15) is 44.2 Å². The van der Waals surface area contributed by atoms with Gasteiger partial charge in [-0.05, 0) is 55.8 Å². The molecule has 0 spiro atoms. The van der Waals surface area contributed by atoms with Crippen LogP contribution in [0.5, 0.6) is 0 Å². The maximum atomic E-state index is 12.8. The highest BCUT2D eigenvalue weighted by molar-refractivity contribution is 6.30. The van der Waals surface area contributed by atoms with Crippen molar-refractivity contribution >= 4 is 11.6 Å². The van der Waals surface area contributed by atoms with Crippen LogP contribution in [0.3, 0.4) is 0 Å². The van der Waals surface area contributed by atoms with E-state index in [2.05, 4.69) is 5.32 Å². The van der Waals surface area contributed by atoms with Gasteiger partial charge in [-0.2, -0.15) is 13.2 Å². The normalized spacial score (nSPS) is 24.8. The van der Waals surface area contributed by atoms with Crippen molar-refractivity contribution < 1.29 is 13.2 Å².